The van der Waals surface area contributed by atoms with Gasteiger partial charge in [0.15, 0.2) is 0 Å². The van der Waals surface area contributed by atoms with Crippen molar-refractivity contribution in [3.05, 3.63) is 47.2 Å². The monoisotopic (exact) mass is 273 g/mol. The van der Waals surface area contributed by atoms with Crippen molar-refractivity contribution in [1.29, 1.82) is 0 Å². The predicted octanol–water partition coefficient (Wildman–Crippen LogP) is 2.99. The van der Waals surface area contributed by atoms with E-state index in [-0.39, 0.29) is 0 Å². The van der Waals surface area contributed by atoms with E-state index in [2.05, 4.69) is 35.0 Å². The first kappa shape index (κ1) is 14.3. The molecule has 0 bridgehead atoms. The van der Waals surface area contributed by atoms with Crippen molar-refractivity contribution < 1.29 is 14.4 Å². The van der Waals surface area contributed by atoms with Crippen LogP contribution in [0.2, 0.25) is 0 Å². The number of methoxy groups -OCH3 is 1. The number of benzene rings is 1. The first-order valence-electron chi connectivity index (χ1n) is 6.84. The highest BCUT2D eigenvalue weighted by molar-refractivity contribution is 6.02. The second-order valence-electron chi connectivity index (χ2n) is 4.67. The molecule has 0 heterocycles. The quantitative estimate of drug-likeness (QED) is 0.367. The number of oxime groups is 1. The summed E-state index contributed by atoms with van der Waals surface area (Å²) in [5.41, 5.74) is 4.76. The Bertz CT molecular complexity index is 547. The zero-order valence-electron chi connectivity index (χ0n) is 11.9. The Balaban J connectivity index is 2.12. The van der Waals surface area contributed by atoms with Crippen molar-refractivity contribution >= 4 is 11.7 Å². The van der Waals surface area contributed by atoms with E-state index in [9.17, 15) is 4.79 Å². The molecule has 20 heavy (non-hydrogen) atoms. The van der Waals surface area contributed by atoms with E-state index in [1.165, 1.54) is 30.6 Å². The highest BCUT2D eigenvalue weighted by Crippen LogP contribution is 2.23. The minimum atomic E-state index is -0.457. The lowest BCUT2D eigenvalue weighted by atomic mass is 9.88. The molecule has 106 valence electrons. The summed E-state index contributed by atoms with van der Waals surface area (Å²) in [7, 11) is 1.32. The van der Waals surface area contributed by atoms with E-state index in [1.807, 2.05) is 0 Å². The van der Waals surface area contributed by atoms with Crippen LogP contribution in [0, 0.1) is 0 Å². The Morgan fingerprint density at radius 3 is 3.00 bits per heavy atom. The summed E-state index contributed by atoms with van der Waals surface area (Å²) in [5.74, 6) is -0.457. The lowest BCUT2D eigenvalue weighted by Gasteiger charge is -2.17. The molecule has 1 aromatic carbocycles. The minimum absolute atomic E-state index is 0.457. The summed E-state index contributed by atoms with van der Waals surface area (Å²) in [4.78, 5) is 16.0. The number of fused-ring (bicyclic) bond motifs is 1. The summed E-state index contributed by atoms with van der Waals surface area (Å²) < 4.78 is 4.47. The second kappa shape index (κ2) is 6.89. The minimum Gasteiger partial charge on any atom is -0.466 e. The third-order valence-corrected chi connectivity index (χ3v) is 3.38. The molecule has 0 spiro atoms. The zero-order valence-corrected chi connectivity index (χ0v) is 11.9. The first-order chi connectivity index (χ1) is 9.74. The highest BCUT2D eigenvalue weighted by atomic mass is 16.6. The second-order valence-corrected chi connectivity index (χ2v) is 4.67. The van der Waals surface area contributed by atoms with Crippen molar-refractivity contribution in [3.8, 4) is 0 Å². The zero-order chi connectivity index (χ0) is 14.4. The van der Waals surface area contributed by atoms with Gasteiger partial charge in [0.2, 0.25) is 0 Å². The predicted molar refractivity (Wildman–Crippen MR) is 77.5 cm³/mol. The maximum atomic E-state index is 10.9. The average Bonchev–Trinajstić information content (AvgIpc) is 2.50. The van der Waals surface area contributed by atoms with E-state index in [1.54, 1.807) is 0 Å². The number of rotatable bonds is 4. The van der Waals surface area contributed by atoms with Gasteiger partial charge in [0.05, 0.1) is 18.9 Å². The molecule has 0 aliphatic heterocycles. The van der Waals surface area contributed by atoms with Gasteiger partial charge in [-0.25, -0.2) is 4.79 Å². The number of hydrogen-bond acceptors (Lipinski definition) is 4. The fourth-order valence-corrected chi connectivity index (χ4v) is 2.28. The summed E-state index contributed by atoms with van der Waals surface area (Å²) >= 11 is 0. The molecule has 1 aliphatic rings. The fourth-order valence-electron chi connectivity index (χ4n) is 2.28. The average molecular weight is 273 g/mol. The van der Waals surface area contributed by atoms with Crippen molar-refractivity contribution in [2.24, 2.45) is 5.16 Å². The Morgan fingerprint density at radius 1 is 1.40 bits per heavy atom. The molecule has 0 saturated heterocycles. The smallest absolute Gasteiger partial charge is 0.333 e. The lowest BCUT2D eigenvalue weighted by Crippen LogP contribution is -2.12. The van der Waals surface area contributed by atoms with Crippen LogP contribution >= 0.6 is 0 Å². The van der Waals surface area contributed by atoms with E-state index in [0.717, 1.165) is 37.0 Å². The first-order valence-corrected chi connectivity index (χ1v) is 6.84. The van der Waals surface area contributed by atoms with E-state index in [4.69, 9.17) is 4.84 Å². The van der Waals surface area contributed by atoms with Gasteiger partial charge in [-0.05, 0) is 36.8 Å². The highest BCUT2D eigenvalue weighted by Gasteiger charge is 2.16. The number of esters is 1. The molecule has 0 atom stereocenters. The number of hydrogen-bond donors (Lipinski definition) is 0. The lowest BCUT2D eigenvalue weighted by molar-refractivity contribution is -0.135. The Morgan fingerprint density at radius 2 is 2.25 bits per heavy atom. The number of nitrogens with zero attached hydrogens (tertiary/aromatic N) is 1. The van der Waals surface area contributed by atoms with Gasteiger partial charge in [-0.2, -0.15) is 0 Å². The van der Waals surface area contributed by atoms with Crippen LogP contribution in [0.1, 0.15) is 36.5 Å². The number of aryl methyl sites for hydroxylation is 2. The van der Waals surface area contributed by atoms with Crippen LogP contribution in [0.5, 0.6) is 0 Å². The van der Waals surface area contributed by atoms with Crippen LogP contribution in [0.15, 0.2) is 35.7 Å². The molecule has 0 aromatic heterocycles. The van der Waals surface area contributed by atoms with Gasteiger partial charge in [-0.3, -0.25) is 0 Å². The van der Waals surface area contributed by atoms with E-state index >= 15 is 0 Å². The number of ether oxygens (including phenoxy) is 1. The van der Waals surface area contributed by atoms with Crippen molar-refractivity contribution in [2.75, 3.05) is 7.11 Å². The molecule has 0 N–H and O–H groups in total. The maximum absolute atomic E-state index is 10.9. The van der Waals surface area contributed by atoms with Gasteiger partial charge in [-0.1, -0.05) is 30.3 Å². The van der Waals surface area contributed by atoms with Gasteiger partial charge in [0.25, 0.3) is 0 Å². The van der Waals surface area contributed by atoms with Crippen LogP contribution in [0.3, 0.4) is 0 Å². The molecule has 1 aliphatic carbocycles. The SMILES string of the molecule is CCc1ccc2c(c1)CCCC2=NOC=CC(=O)OC. The van der Waals surface area contributed by atoms with E-state index in [0.29, 0.717) is 0 Å². The third-order valence-electron chi connectivity index (χ3n) is 3.38. The van der Waals surface area contributed by atoms with Gasteiger partial charge in [0.1, 0.15) is 6.26 Å². The molecule has 0 fully saturated rings. The van der Waals surface area contributed by atoms with Crippen molar-refractivity contribution in [3.63, 3.8) is 0 Å². The summed E-state index contributed by atoms with van der Waals surface area (Å²) in [6.07, 6.45) is 6.54. The Kier molecular flexibility index (Phi) is 4.93. The van der Waals surface area contributed by atoms with Gasteiger partial charge >= 0.3 is 5.97 Å². The molecular formula is C16H19NO3. The van der Waals surface area contributed by atoms with Crippen molar-refractivity contribution in [2.45, 2.75) is 32.6 Å². The number of carbonyl (C=O) groups is 1. The van der Waals surface area contributed by atoms with Crippen LogP contribution in [0.25, 0.3) is 0 Å². The molecule has 4 nitrogen and oxygen atoms in total. The summed E-state index contributed by atoms with van der Waals surface area (Å²) in [5, 5.41) is 4.11. The van der Waals surface area contributed by atoms with Gasteiger partial charge in [0, 0.05) is 5.56 Å². The van der Waals surface area contributed by atoms with Crippen LogP contribution in [-0.2, 0) is 27.2 Å². The standard InChI is InChI=1S/C16H19NO3/c1-3-12-7-8-14-13(11-12)5-4-6-15(14)17-20-10-9-16(18)19-2/h7-11H,3-6H2,1-2H3. The molecule has 0 unspecified atom stereocenters. The van der Waals surface area contributed by atoms with Crippen molar-refractivity contribution in [1.82, 2.24) is 0 Å². The Labute approximate surface area is 119 Å². The molecule has 0 radical (unpaired) electrons. The fraction of sp³-hybridized carbons (Fsp3) is 0.375. The maximum Gasteiger partial charge on any atom is 0.333 e. The summed E-state index contributed by atoms with van der Waals surface area (Å²) in [6.45, 7) is 2.15. The summed E-state index contributed by atoms with van der Waals surface area (Å²) in [6, 6.07) is 6.48. The largest absolute Gasteiger partial charge is 0.466 e. The number of carbonyl (C=O) groups excluding carboxylic acids is 1. The van der Waals surface area contributed by atoms with Crippen LogP contribution in [0.4, 0.5) is 0 Å². The third kappa shape index (κ3) is 3.47. The normalized spacial score (nSPS) is 16.2. The van der Waals surface area contributed by atoms with Crippen LogP contribution in [-0.4, -0.2) is 18.8 Å². The topological polar surface area (TPSA) is 47.9 Å². The molecule has 0 amide bonds. The Hall–Kier alpha value is -2.10. The molecule has 2 rings (SSSR count). The van der Waals surface area contributed by atoms with Gasteiger partial charge < -0.3 is 9.57 Å². The molecular weight excluding hydrogens is 254 g/mol. The molecule has 4 heteroatoms. The van der Waals surface area contributed by atoms with E-state index < -0.39 is 5.97 Å². The van der Waals surface area contributed by atoms with Gasteiger partial charge in [-0.15, -0.1) is 0 Å². The molecule has 0 saturated carbocycles. The molecule has 1 aromatic rings. The van der Waals surface area contributed by atoms with Crippen LogP contribution < -0.4 is 0 Å².